The number of hydrogen-bond donors (Lipinski definition) is 3. The number of hydrogen-bond acceptors (Lipinski definition) is 7. The van der Waals surface area contributed by atoms with Gasteiger partial charge < -0.3 is 25.2 Å². The molecule has 1 aliphatic rings. The van der Waals surface area contributed by atoms with Crippen LogP contribution in [0.1, 0.15) is 25.5 Å². The van der Waals surface area contributed by atoms with E-state index in [-0.39, 0.29) is 11.7 Å². The van der Waals surface area contributed by atoms with Gasteiger partial charge in [0.15, 0.2) is 11.5 Å². The molecule has 32 heavy (non-hydrogen) atoms. The molecule has 1 aliphatic heterocycles. The van der Waals surface area contributed by atoms with E-state index in [9.17, 15) is 9.90 Å². The monoisotopic (exact) mass is 499 g/mol. The molecule has 0 radical (unpaired) electrons. The zero-order chi connectivity index (χ0) is 22.8. The summed E-state index contributed by atoms with van der Waals surface area (Å²) >= 11 is 3.38. The maximum Gasteiger partial charge on any atom is 0.255 e. The average molecular weight is 500 g/mol. The van der Waals surface area contributed by atoms with Crippen LogP contribution in [0.5, 0.6) is 17.2 Å². The summed E-state index contributed by atoms with van der Waals surface area (Å²) in [6.07, 6.45) is 1.42. The number of allylic oxidation sites excluding steroid dienone is 1. The van der Waals surface area contributed by atoms with Crippen molar-refractivity contribution >= 4 is 33.5 Å². The molecule has 166 valence electrons. The maximum absolute atomic E-state index is 13.4. The van der Waals surface area contributed by atoms with Gasteiger partial charge in [-0.2, -0.15) is 10.1 Å². The number of nitrogens with zero attached hydrogens (tertiary/aromatic N) is 3. The summed E-state index contributed by atoms with van der Waals surface area (Å²) in [5, 5.41) is 20.8. The quantitative estimate of drug-likeness (QED) is 0.468. The number of phenolic OH excluding ortho intramolecular Hbond substituents is 1. The lowest BCUT2D eigenvalue weighted by molar-refractivity contribution is -0.113. The third-order valence-electron chi connectivity index (χ3n) is 5.05. The summed E-state index contributed by atoms with van der Waals surface area (Å²) in [4.78, 5) is 17.7. The molecule has 0 saturated heterocycles. The molecule has 0 fully saturated rings. The molecule has 1 aromatic heterocycles. The third-order valence-corrected chi connectivity index (χ3v) is 5.66. The number of benzene rings is 2. The molecule has 1 atom stereocenters. The van der Waals surface area contributed by atoms with Gasteiger partial charge in [0.1, 0.15) is 18.1 Å². The lowest BCUT2D eigenvalue weighted by Gasteiger charge is -2.29. The lowest BCUT2D eigenvalue weighted by atomic mass is 9.94. The van der Waals surface area contributed by atoms with E-state index in [1.165, 1.54) is 6.33 Å². The van der Waals surface area contributed by atoms with Gasteiger partial charge in [0.2, 0.25) is 5.95 Å². The van der Waals surface area contributed by atoms with Crippen LogP contribution < -0.4 is 20.1 Å². The number of carbonyl (C=O) groups is 1. The lowest BCUT2D eigenvalue weighted by Crippen LogP contribution is -2.31. The average Bonchev–Trinajstić information content (AvgIpc) is 3.24. The van der Waals surface area contributed by atoms with Crippen molar-refractivity contribution in [2.45, 2.75) is 19.9 Å². The van der Waals surface area contributed by atoms with Crippen molar-refractivity contribution < 1.29 is 19.4 Å². The van der Waals surface area contributed by atoms with Crippen LogP contribution in [0.15, 0.2) is 58.5 Å². The Morgan fingerprint density at radius 2 is 2.06 bits per heavy atom. The number of nitrogens with one attached hydrogen (secondary N) is 2. The summed E-state index contributed by atoms with van der Waals surface area (Å²) in [6, 6.07) is 9.93. The van der Waals surface area contributed by atoms with Crippen molar-refractivity contribution in [3.8, 4) is 17.2 Å². The molecule has 2 heterocycles. The molecule has 2 aromatic carbocycles. The summed E-state index contributed by atoms with van der Waals surface area (Å²) in [7, 11) is 1.59. The smallest absolute Gasteiger partial charge is 0.255 e. The second kappa shape index (κ2) is 8.91. The molecule has 4 rings (SSSR count). The number of phenols is 1. The number of methoxy groups -OCH3 is 1. The molecule has 0 saturated carbocycles. The van der Waals surface area contributed by atoms with Gasteiger partial charge in [0.25, 0.3) is 5.91 Å². The summed E-state index contributed by atoms with van der Waals surface area (Å²) in [5.74, 6) is 1.21. The number of rotatable bonds is 6. The normalized spacial score (nSPS) is 15.1. The van der Waals surface area contributed by atoms with Gasteiger partial charge in [-0.05, 0) is 71.7 Å². The molecular formula is C22H22BrN5O4. The first-order valence-corrected chi connectivity index (χ1v) is 10.7. The Morgan fingerprint density at radius 1 is 1.31 bits per heavy atom. The van der Waals surface area contributed by atoms with E-state index >= 15 is 0 Å². The first-order chi connectivity index (χ1) is 15.4. The van der Waals surface area contributed by atoms with Gasteiger partial charge in [-0.15, -0.1) is 0 Å². The van der Waals surface area contributed by atoms with E-state index in [0.717, 1.165) is 0 Å². The number of amides is 1. The van der Waals surface area contributed by atoms with Gasteiger partial charge in [-0.3, -0.25) is 4.79 Å². The van der Waals surface area contributed by atoms with Crippen LogP contribution in [0, 0.1) is 0 Å². The molecule has 1 amide bonds. The highest BCUT2D eigenvalue weighted by molar-refractivity contribution is 9.10. The molecule has 0 bridgehead atoms. The topological polar surface area (TPSA) is 111 Å². The minimum atomic E-state index is -0.594. The Bertz CT molecular complexity index is 1190. The number of halogens is 1. The minimum absolute atomic E-state index is 0.00622. The Labute approximate surface area is 193 Å². The standard InChI is InChI=1S/C22H22BrN5O4/c1-4-32-17-10-13(9-16(23)20(17)29)19-18(12(2)26-22-24-11-25-28(19)22)21(30)27-14-5-7-15(31-3)8-6-14/h5-11,19,29H,4H2,1-3H3,(H,27,30)(H,24,25,26). The molecule has 10 heteroatoms. The Balaban J connectivity index is 1.77. The van der Waals surface area contributed by atoms with Crippen LogP contribution >= 0.6 is 15.9 Å². The second-order valence-corrected chi connectivity index (χ2v) is 7.91. The van der Waals surface area contributed by atoms with E-state index < -0.39 is 6.04 Å². The highest BCUT2D eigenvalue weighted by Crippen LogP contribution is 2.42. The van der Waals surface area contributed by atoms with Crippen LogP contribution in [-0.4, -0.2) is 39.5 Å². The summed E-state index contributed by atoms with van der Waals surface area (Å²) < 4.78 is 12.8. The van der Waals surface area contributed by atoms with Crippen molar-refractivity contribution in [1.82, 2.24) is 14.8 Å². The van der Waals surface area contributed by atoms with E-state index in [4.69, 9.17) is 9.47 Å². The fourth-order valence-electron chi connectivity index (χ4n) is 3.58. The summed E-state index contributed by atoms with van der Waals surface area (Å²) in [5.41, 5.74) is 2.43. The minimum Gasteiger partial charge on any atom is -0.503 e. The van der Waals surface area contributed by atoms with Crippen molar-refractivity contribution in [3.63, 3.8) is 0 Å². The first kappa shape index (κ1) is 21.7. The van der Waals surface area contributed by atoms with E-state index in [0.29, 0.717) is 51.0 Å². The van der Waals surface area contributed by atoms with Gasteiger partial charge in [0, 0.05) is 11.4 Å². The Kier molecular flexibility index (Phi) is 6.04. The van der Waals surface area contributed by atoms with Crippen LogP contribution in [0.4, 0.5) is 11.6 Å². The molecule has 3 aromatic rings. The van der Waals surface area contributed by atoms with Gasteiger partial charge >= 0.3 is 0 Å². The Morgan fingerprint density at radius 3 is 2.75 bits per heavy atom. The van der Waals surface area contributed by atoms with Crippen molar-refractivity contribution in [2.75, 3.05) is 24.4 Å². The zero-order valence-corrected chi connectivity index (χ0v) is 19.3. The predicted octanol–water partition coefficient (Wildman–Crippen LogP) is 4.08. The number of ether oxygens (including phenoxy) is 2. The van der Waals surface area contributed by atoms with Crippen LogP contribution in [0.3, 0.4) is 0 Å². The van der Waals surface area contributed by atoms with Crippen molar-refractivity contribution in [1.29, 1.82) is 0 Å². The Hall–Kier alpha value is -3.53. The van der Waals surface area contributed by atoms with Gasteiger partial charge in [-0.25, -0.2) is 4.68 Å². The zero-order valence-electron chi connectivity index (χ0n) is 17.7. The van der Waals surface area contributed by atoms with Gasteiger partial charge in [-0.1, -0.05) is 0 Å². The molecular weight excluding hydrogens is 478 g/mol. The number of carbonyl (C=O) groups excluding carboxylic acids is 1. The third kappa shape index (κ3) is 4.01. The van der Waals surface area contributed by atoms with E-state index in [1.54, 1.807) is 48.2 Å². The second-order valence-electron chi connectivity index (χ2n) is 7.06. The summed E-state index contributed by atoms with van der Waals surface area (Å²) in [6.45, 7) is 4.02. The largest absolute Gasteiger partial charge is 0.503 e. The maximum atomic E-state index is 13.4. The highest BCUT2D eigenvalue weighted by atomic mass is 79.9. The van der Waals surface area contributed by atoms with Crippen LogP contribution in [-0.2, 0) is 4.79 Å². The molecule has 9 nitrogen and oxygen atoms in total. The molecule has 0 spiro atoms. The van der Waals surface area contributed by atoms with Crippen molar-refractivity contribution in [2.24, 2.45) is 0 Å². The number of aromatic nitrogens is 3. The molecule has 1 unspecified atom stereocenters. The SMILES string of the molecule is CCOc1cc(C2C(C(=O)Nc3ccc(OC)cc3)=C(C)Nc3ncnn32)cc(Br)c1O. The van der Waals surface area contributed by atoms with Crippen LogP contribution in [0.2, 0.25) is 0 Å². The fraction of sp³-hybridized carbons (Fsp3) is 0.227. The number of aromatic hydroxyl groups is 1. The highest BCUT2D eigenvalue weighted by Gasteiger charge is 2.34. The molecule has 3 N–H and O–H groups in total. The number of fused-ring (bicyclic) bond motifs is 1. The predicted molar refractivity (Wildman–Crippen MR) is 123 cm³/mol. The van der Waals surface area contributed by atoms with E-state index in [2.05, 4.69) is 36.6 Å². The van der Waals surface area contributed by atoms with Crippen LogP contribution in [0.25, 0.3) is 0 Å². The van der Waals surface area contributed by atoms with Gasteiger partial charge in [0.05, 0.1) is 23.8 Å². The number of anilines is 2. The molecule has 0 aliphatic carbocycles. The van der Waals surface area contributed by atoms with Crippen molar-refractivity contribution in [3.05, 3.63) is 64.0 Å². The van der Waals surface area contributed by atoms with E-state index in [1.807, 2.05) is 13.8 Å². The first-order valence-electron chi connectivity index (χ1n) is 9.90. The fourth-order valence-corrected chi connectivity index (χ4v) is 4.04.